The molecular weight excluding hydrogens is 323 g/mol. The van der Waals surface area contributed by atoms with E-state index in [1.807, 2.05) is 0 Å². The Morgan fingerprint density at radius 2 is 2.13 bits per heavy atom. The molecule has 0 amide bonds. The van der Waals surface area contributed by atoms with Gasteiger partial charge in [0.1, 0.15) is 16.5 Å². The highest BCUT2D eigenvalue weighted by molar-refractivity contribution is 7.89. The van der Waals surface area contributed by atoms with Crippen molar-refractivity contribution in [1.82, 2.24) is 9.29 Å². The molecule has 1 heterocycles. The molecule has 126 valence electrons. The van der Waals surface area contributed by atoms with Crippen molar-refractivity contribution in [3.05, 3.63) is 48.0 Å². The zero-order chi connectivity index (χ0) is 17.0. The van der Waals surface area contributed by atoms with Gasteiger partial charge in [-0.15, -0.1) is 0 Å². The van der Waals surface area contributed by atoms with Crippen molar-refractivity contribution in [1.29, 1.82) is 0 Å². The second-order valence-corrected chi connectivity index (χ2v) is 6.78. The maximum absolute atomic E-state index is 13.3. The Kier molecular flexibility index (Phi) is 5.40. The van der Waals surface area contributed by atoms with Gasteiger partial charge in [0.2, 0.25) is 10.0 Å². The number of benzene rings is 1. The molecular formula is C15H19FN2O4S. The number of methoxy groups -OCH3 is 1. The van der Waals surface area contributed by atoms with Crippen molar-refractivity contribution >= 4 is 10.0 Å². The highest BCUT2D eigenvalue weighted by atomic mass is 32.2. The summed E-state index contributed by atoms with van der Waals surface area (Å²) in [6.07, 6.45) is 1.18. The molecule has 0 saturated carbocycles. The molecule has 1 aromatic heterocycles. The van der Waals surface area contributed by atoms with Crippen LogP contribution in [0, 0.1) is 5.82 Å². The minimum Gasteiger partial charge on any atom is -0.495 e. The Hall–Kier alpha value is -1.90. The van der Waals surface area contributed by atoms with Crippen LogP contribution in [0.25, 0.3) is 0 Å². The van der Waals surface area contributed by atoms with Crippen LogP contribution in [0.2, 0.25) is 0 Å². The summed E-state index contributed by atoms with van der Waals surface area (Å²) in [6, 6.07) is 6.82. The van der Waals surface area contributed by atoms with E-state index in [1.165, 1.54) is 13.2 Å². The van der Waals surface area contributed by atoms with Gasteiger partial charge >= 0.3 is 0 Å². The first kappa shape index (κ1) is 17.5. The fourth-order valence-corrected chi connectivity index (χ4v) is 3.46. The number of aromatic nitrogens is 1. The predicted octanol–water partition coefficient (Wildman–Crippen LogP) is 1.57. The van der Waals surface area contributed by atoms with Gasteiger partial charge < -0.3 is 14.4 Å². The number of halogens is 1. The third-order valence-electron chi connectivity index (χ3n) is 3.45. The number of nitrogens with one attached hydrogen (secondary N) is 1. The monoisotopic (exact) mass is 342 g/mol. The van der Waals surface area contributed by atoms with Gasteiger partial charge in [-0.3, -0.25) is 0 Å². The minimum atomic E-state index is -3.93. The molecule has 0 aliphatic rings. The lowest BCUT2D eigenvalue weighted by molar-refractivity contribution is 0.161. The normalized spacial score (nSPS) is 13.0. The summed E-state index contributed by atoms with van der Waals surface area (Å²) in [4.78, 5) is -0.270. The maximum Gasteiger partial charge on any atom is 0.244 e. The number of aryl methyl sites for hydroxylation is 1. The van der Waals surface area contributed by atoms with E-state index in [2.05, 4.69) is 4.72 Å². The molecule has 0 fully saturated rings. The fraction of sp³-hybridized carbons (Fsp3) is 0.333. The van der Waals surface area contributed by atoms with Gasteiger partial charge in [-0.25, -0.2) is 17.5 Å². The van der Waals surface area contributed by atoms with Crippen LogP contribution in [0.4, 0.5) is 4.39 Å². The number of aliphatic hydroxyl groups is 1. The minimum absolute atomic E-state index is 0.00828. The van der Waals surface area contributed by atoms with E-state index >= 15 is 0 Å². The topological polar surface area (TPSA) is 80.6 Å². The second-order valence-electron chi connectivity index (χ2n) is 5.04. The lowest BCUT2D eigenvalue weighted by Gasteiger charge is -2.14. The predicted molar refractivity (Wildman–Crippen MR) is 83.1 cm³/mol. The first-order valence-corrected chi connectivity index (χ1v) is 8.46. The van der Waals surface area contributed by atoms with Crippen molar-refractivity contribution in [3.63, 3.8) is 0 Å². The molecule has 0 saturated heterocycles. The summed E-state index contributed by atoms with van der Waals surface area (Å²) in [6.45, 7) is 0.00828. The standard InChI is InChI=1S/C15H19FN2O4S/c1-18-9-3-4-12(18)13(19)7-8-17-23(20,21)15-10-11(16)5-6-14(15)22-2/h3-6,9-10,13,17,19H,7-8H2,1-2H3. The van der Waals surface area contributed by atoms with Gasteiger partial charge in [0, 0.05) is 25.5 Å². The number of rotatable bonds is 7. The maximum atomic E-state index is 13.3. The largest absolute Gasteiger partial charge is 0.495 e. The van der Waals surface area contributed by atoms with Gasteiger partial charge in [-0.1, -0.05) is 0 Å². The van der Waals surface area contributed by atoms with Crippen LogP contribution in [0.15, 0.2) is 41.4 Å². The summed E-state index contributed by atoms with van der Waals surface area (Å²) in [5.74, 6) is -0.614. The number of aliphatic hydroxyl groups excluding tert-OH is 1. The first-order valence-electron chi connectivity index (χ1n) is 6.97. The van der Waals surface area contributed by atoms with E-state index in [0.717, 1.165) is 12.1 Å². The number of nitrogens with zero attached hydrogens (tertiary/aromatic N) is 1. The van der Waals surface area contributed by atoms with E-state index < -0.39 is 21.9 Å². The van der Waals surface area contributed by atoms with Crippen molar-refractivity contribution in [2.75, 3.05) is 13.7 Å². The van der Waals surface area contributed by atoms with E-state index in [1.54, 1.807) is 29.9 Å². The van der Waals surface area contributed by atoms with E-state index in [-0.39, 0.29) is 23.6 Å². The first-order chi connectivity index (χ1) is 10.8. The van der Waals surface area contributed by atoms with Crippen LogP contribution in [0.5, 0.6) is 5.75 Å². The Morgan fingerprint density at radius 1 is 1.39 bits per heavy atom. The molecule has 1 unspecified atom stereocenters. The number of hydrogen-bond donors (Lipinski definition) is 2. The van der Waals surface area contributed by atoms with Crippen LogP contribution in [0.1, 0.15) is 18.2 Å². The quantitative estimate of drug-likeness (QED) is 0.800. The number of sulfonamides is 1. The fourth-order valence-electron chi connectivity index (χ4n) is 2.24. The van der Waals surface area contributed by atoms with Gasteiger partial charge in [-0.2, -0.15) is 0 Å². The summed E-state index contributed by atoms with van der Waals surface area (Å²) >= 11 is 0. The van der Waals surface area contributed by atoms with Crippen LogP contribution >= 0.6 is 0 Å². The Morgan fingerprint density at radius 3 is 2.74 bits per heavy atom. The smallest absolute Gasteiger partial charge is 0.244 e. The molecule has 0 aliphatic heterocycles. The molecule has 2 rings (SSSR count). The summed E-state index contributed by atoms with van der Waals surface area (Å²) < 4.78 is 46.9. The van der Waals surface area contributed by atoms with Crippen molar-refractivity contribution in [3.8, 4) is 5.75 Å². The van der Waals surface area contributed by atoms with E-state index in [0.29, 0.717) is 5.69 Å². The Balaban J connectivity index is 2.05. The lowest BCUT2D eigenvalue weighted by atomic mass is 10.2. The van der Waals surface area contributed by atoms with Crippen molar-refractivity contribution in [2.24, 2.45) is 7.05 Å². The van der Waals surface area contributed by atoms with Crippen LogP contribution in [-0.2, 0) is 17.1 Å². The van der Waals surface area contributed by atoms with Crippen molar-refractivity contribution < 1.29 is 22.7 Å². The molecule has 1 aromatic carbocycles. The molecule has 8 heteroatoms. The highest BCUT2D eigenvalue weighted by Crippen LogP contribution is 2.24. The highest BCUT2D eigenvalue weighted by Gasteiger charge is 2.21. The van der Waals surface area contributed by atoms with Gasteiger partial charge in [0.15, 0.2) is 0 Å². The molecule has 0 aliphatic carbocycles. The van der Waals surface area contributed by atoms with Crippen LogP contribution in [-0.4, -0.2) is 31.7 Å². The summed E-state index contributed by atoms with van der Waals surface area (Å²) in [7, 11) is -0.830. The molecule has 0 radical (unpaired) electrons. The van der Waals surface area contributed by atoms with Crippen LogP contribution < -0.4 is 9.46 Å². The SMILES string of the molecule is COc1ccc(F)cc1S(=O)(=O)NCCC(O)c1cccn1C. The Labute approximate surface area is 134 Å². The molecule has 0 spiro atoms. The number of hydrogen-bond acceptors (Lipinski definition) is 4. The van der Waals surface area contributed by atoms with Crippen LogP contribution in [0.3, 0.4) is 0 Å². The average molecular weight is 342 g/mol. The second kappa shape index (κ2) is 7.12. The molecule has 2 N–H and O–H groups in total. The lowest BCUT2D eigenvalue weighted by Crippen LogP contribution is -2.26. The average Bonchev–Trinajstić information content (AvgIpc) is 2.93. The van der Waals surface area contributed by atoms with E-state index in [4.69, 9.17) is 4.74 Å². The molecule has 1 atom stereocenters. The molecule has 2 aromatic rings. The molecule has 6 nitrogen and oxygen atoms in total. The molecule has 0 bridgehead atoms. The summed E-state index contributed by atoms with van der Waals surface area (Å²) in [5.41, 5.74) is 0.688. The molecule has 23 heavy (non-hydrogen) atoms. The van der Waals surface area contributed by atoms with Gasteiger partial charge in [0.05, 0.1) is 13.2 Å². The number of ether oxygens (including phenoxy) is 1. The van der Waals surface area contributed by atoms with Gasteiger partial charge in [-0.05, 0) is 36.8 Å². The summed E-state index contributed by atoms with van der Waals surface area (Å²) in [5, 5.41) is 10.1. The Bertz CT molecular complexity index is 774. The third kappa shape index (κ3) is 4.10. The zero-order valence-electron chi connectivity index (χ0n) is 12.9. The zero-order valence-corrected chi connectivity index (χ0v) is 13.7. The third-order valence-corrected chi connectivity index (χ3v) is 4.93. The van der Waals surface area contributed by atoms with Crippen molar-refractivity contribution in [2.45, 2.75) is 17.4 Å². The van der Waals surface area contributed by atoms with Gasteiger partial charge in [0.25, 0.3) is 0 Å². The van der Waals surface area contributed by atoms with E-state index in [9.17, 15) is 17.9 Å².